The van der Waals surface area contributed by atoms with Crippen LogP contribution in [0.15, 0.2) is 35.6 Å². The van der Waals surface area contributed by atoms with Crippen LogP contribution in [0, 0.1) is 23.1 Å². The molecule has 0 bridgehead atoms. The van der Waals surface area contributed by atoms with E-state index in [1.54, 1.807) is 24.9 Å². The first kappa shape index (κ1) is 28.2. The number of benzene rings is 1. The number of carbonyl (C=O) groups is 1. The molecule has 3 aromatic heterocycles. The minimum atomic E-state index is -4.48. The van der Waals surface area contributed by atoms with E-state index in [9.17, 15) is 27.3 Å². The number of nitriles is 1. The largest absolute Gasteiger partial charge is 0.319 e. The average molecular weight is 617 g/mol. The Morgan fingerprint density at radius 1 is 1.24 bits per heavy atom. The van der Waals surface area contributed by atoms with E-state index >= 15 is 4.39 Å². The minimum absolute atomic E-state index is 0.0264. The molecule has 0 saturated heterocycles. The van der Waals surface area contributed by atoms with Crippen LogP contribution in [-0.2, 0) is 14.8 Å². The van der Waals surface area contributed by atoms with Crippen molar-refractivity contribution in [2.45, 2.75) is 55.9 Å². The fourth-order valence-corrected chi connectivity index (χ4v) is 7.19. The third kappa shape index (κ3) is 4.71. The number of fused-ring (bicyclic) bond motifs is 3. The van der Waals surface area contributed by atoms with Gasteiger partial charge in [-0.2, -0.15) is 9.98 Å². The fourth-order valence-electron chi connectivity index (χ4n) is 5.02. The minimum Gasteiger partial charge on any atom is -0.319 e. The van der Waals surface area contributed by atoms with Gasteiger partial charge in [-0.15, -0.1) is 10.2 Å². The number of hydrogen-bond donors (Lipinski definition) is 1. The molecule has 42 heavy (non-hydrogen) atoms. The van der Waals surface area contributed by atoms with Crippen LogP contribution >= 0.6 is 11.3 Å². The van der Waals surface area contributed by atoms with E-state index in [0.29, 0.717) is 48.2 Å². The lowest BCUT2D eigenvalue weighted by atomic mass is 9.94. The predicted molar refractivity (Wildman–Crippen MR) is 146 cm³/mol. The molecule has 16 heteroatoms. The zero-order chi connectivity index (χ0) is 30.0. The van der Waals surface area contributed by atoms with Crippen LogP contribution in [0.4, 0.5) is 13.2 Å². The summed E-state index contributed by atoms with van der Waals surface area (Å²) in [6.45, 7) is 4.03. The molecule has 218 valence electrons. The standard InChI is InChI=1S/C26H23F3N8O3S2/c1-13(2)24(38)36-7-3-14(4-8-36)20-19-15-9-16(27)18(42(39,40)35-26(11-30)5-6-26)10-17(15)37(22(19)32-12-31-20)25-34-33-23(41-25)21(28)29/h3,7,9-10,12-14,21,35H,4-6,8H2,1-2H3. The lowest BCUT2D eigenvalue weighted by molar-refractivity contribution is -0.132. The highest BCUT2D eigenvalue weighted by atomic mass is 32.2. The van der Waals surface area contributed by atoms with Gasteiger partial charge in [0.25, 0.3) is 6.43 Å². The van der Waals surface area contributed by atoms with Gasteiger partial charge in [-0.05, 0) is 31.4 Å². The molecule has 1 aliphatic carbocycles. The van der Waals surface area contributed by atoms with Crippen LogP contribution in [0.1, 0.15) is 56.2 Å². The van der Waals surface area contributed by atoms with Gasteiger partial charge in [0.15, 0.2) is 10.7 Å². The van der Waals surface area contributed by atoms with Crippen molar-refractivity contribution in [3.8, 4) is 11.2 Å². The second-order valence-corrected chi connectivity index (χ2v) is 13.2. The number of allylic oxidation sites excluding steroid dienone is 1. The molecule has 1 atom stereocenters. The third-order valence-electron chi connectivity index (χ3n) is 7.33. The first-order valence-electron chi connectivity index (χ1n) is 13.0. The highest BCUT2D eigenvalue weighted by Gasteiger charge is 2.47. The van der Waals surface area contributed by atoms with E-state index in [-0.39, 0.29) is 39.4 Å². The number of rotatable bonds is 7. The number of nitrogens with zero attached hydrogens (tertiary/aromatic N) is 7. The van der Waals surface area contributed by atoms with E-state index < -0.39 is 37.7 Å². The number of nitrogens with one attached hydrogen (secondary N) is 1. The summed E-state index contributed by atoms with van der Waals surface area (Å²) in [5.74, 6) is -1.61. The Morgan fingerprint density at radius 2 is 2.00 bits per heavy atom. The SMILES string of the molecule is CC(C)C(=O)N1C=CC(c2ncnc3c2c2cc(F)c(S(=O)(=O)NC4(C#N)CC4)cc2n3-c2nnc(C(F)F)s2)CC1. The van der Waals surface area contributed by atoms with Gasteiger partial charge in [0.1, 0.15) is 22.6 Å². The van der Waals surface area contributed by atoms with Crippen LogP contribution in [0.25, 0.3) is 27.1 Å². The number of halogens is 3. The van der Waals surface area contributed by atoms with Crippen LogP contribution in [0.2, 0.25) is 0 Å². The molecule has 1 saturated carbocycles. The summed E-state index contributed by atoms with van der Waals surface area (Å²) in [6.07, 6.45) is 2.97. The van der Waals surface area contributed by atoms with E-state index in [0.717, 1.165) is 12.1 Å². The van der Waals surface area contributed by atoms with E-state index in [1.165, 1.54) is 10.9 Å². The molecule has 1 amide bonds. The first-order chi connectivity index (χ1) is 19.9. The fraction of sp³-hybridized carbons (Fsp3) is 0.385. The smallest absolute Gasteiger partial charge is 0.291 e. The topological polar surface area (TPSA) is 147 Å². The number of alkyl halides is 2. The number of amides is 1. The molecular weight excluding hydrogens is 593 g/mol. The molecule has 1 N–H and O–H groups in total. The molecule has 0 radical (unpaired) electrons. The van der Waals surface area contributed by atoms with E-state index in [1.807, 2.05) is 12.1 Å². The molecule has 6 rings (SSSR count). The van der Waals surface area contributed by atoms with Gasteiger partial charge >= 0.3 is 0 Å². The number of sulfonamides is 1. The second-order valence-electron chi connectivity index (χ2n) is 10.5. The summed E-state index contributed by atoms with van der Waals surface area (Å²) in [4.78, 5) is 22.2. The zero-order valence-corrected chi connectivity index (χ0v) is 23.9. The van der Waals surface area contributed by atoms with Crippen molar-refractivity contribution in [3.05, 3.63) is 47.3 Å². The molecular formula is C26H23F3N8O3S2. The van der Waals surface area contributed by atoms with Crippen molar-refractivity contribution in [3.63, 3.8) is 0 Å². The average Bonchev–Trinajstić information content (AvgIpc) is 3.41. The maximum Gasteiger partial charge on any atom is 0.291 e. The Hall–Kier alpha value is -3.94. The molecule has 2 aliphatic rings. The molecule has 4 aromatic rings. The summed E-state index contributed by atoms with van der Waals surface area (Å²) < 4.78 is 72.6. The third-order valence-corrected chi connectivity index (χ3v) is 9.79. The predicted octanol–water partition coefficient (Wildman–Crippen LogP) is 4.32. The van der Waals surface area contributed by atoms with Gasteiger partial charge in [0.05, 0.1) is 17.3 Å². The maximum atomic E-state index is 15.6. The number of hydrogen-bond acceptors (Lipinski definition) is 9. The van der Waals surface area contributed by atoms with Crippen LogP contribution < -0.4 is 4.72 Å². The van der Waals surface area contributed by atoms with Crippen molar-refractivity contribution in [2.24, 2.45) is 5.92 Å². The number of carbonyl (C=O) groups excluding carboxylic acids is 1. The Labute approximate surface area is 241 Å². The summed E-state index contributed by atoms with van der Waals surface area (Å²) >= 11 is 0.587. The summed E-state index contributed by atoms with van der Waals surface area (Å²) in [5.41, 5.74) is -0.484. The first-order valence-corrected chi connectivity index (χ1v) is 15.3. The zero-order valence-electron chi connectivity index (χ0n) is 22.3. The Balaban J connectivity index is 1.56. The lowest BCUT2D eigenvalue weighted by Crippen LogP contribution is -2.36. The van der Waals surface area contributed by atoms with Crippen molar-refractivity contribution in [1.29, 1.82) is 5.26 Å². The number of aromatic nitrogens is 5. The second kappa shape index (κ2) is 10.1. The van der Waals surface area contributed by atoms with Crippen LogP contribution in [0.3, 0.4) is 0 Å². The molecule has 4 heterocycles. The Kier molecular flexibility index (Phi) is 6.78. The van der Waals surface area contributed by atoms with Crippen molar-refractivity contribution in [1.82, 2.24) is 34.4 Å². The van der Waals surface area contributed by atoms with Crippen molar-refractivity contribution >= 4 is 49.2 Å². The van der Waals surface area contributed by atoms with Crippen molar-refractivity contribution < 1.29 is 26.4 Å². The quantitative estimate of drug-likeness (QED) is 0.323. The molecule has 11 nitrogen and oxygen atoms in total. The van der Waals surface area contributed by atoms with E-state index in [4.69, 9.17) is 0 Å². The molecule has 1 fully saturated rings. The van der Waals surface area contributed by atoms with Gasteiger partial charge < -0.3 is 4.90 Å². The van der Waals surface area contributed by atoms with Gasteiger partial charge in [-0.3, -0.25) is 9.36 Å². The molecule has 1 unspecified atom stereocenters. The Morgan fingerprint density at radius 3 is 2.60 bits per heavy atom. The summed E-state index contributed by atoms with van der Waals surface area (Å²) in [5, 5.41) is 16.9. The molecule has 1 aromatic carbocycles. The summed E-state index contributed by atoms with van der Waals surface area (Å²) in [7, 11) is -4.48. The van der Waals surface area contributed by atoms with Gasteiger partial charge in [0.2, 0.25) is 21.1 Å². The van der Waals surface area contributed by atoms with Crippen LogP contribution in [0.5, 0.6) is 0 Å². The Bertz CT molecular complexity index is 1930. The van der Waals surface area contributed by atoms with Gasteiger partial charge in [0, 0.05) is 35.4 Å². The molecule has 0 spiro atoms. The highest BCUT2D eigenvalue weighted by molar-refractivity contribution is 7.89. The normalized spacial score (nSPS) is 18.3. The monoisotopic (exact) mass is 616 g/mol. The summed E-state index contributed by atoms with van der Waals surface area (Å²) in [6, 6.07) is 4.03. The highest BCUT2D eigenvalue weighted by Crippen LogP contribution is 2.41. The molecule has 1 aliphatic heterocycles. The van der Waals surface area contributed by atoms with Crippen molar-refractivity contribution in [2.75, 3.05) is 6.54 Å². The van der Waals surface area contributed by atoms with E-state index in [2.05, 4.69) is 24.9 Å². The van der Waals surface area contributed by atoms with Gasteiger partial charge in [-0.1, -0.05) is 31.3 Å². The lowest BCUT2D eigenvalue weighted by Gasteiger charge is -2.27. The maximum absolute atomic E-state index is 15.6. The van der Waals surface area contributed by atoms with Crippen LogP contribution in [-0.4, -0.2) is 56.0 Å². The van der Waals surface area contributed by atoms with Gasteiger partial charge in [-0.25, -0.2) is 31.6 Å².